The Balaban J connectivity index is 2.00. The Morgan fingerprint density at radius 2 is 2.40 bits per heavy atom. The summed E-state index contributed by atoms with van der Waals surface area (Å²) in [6.07, 6.45) is -0.347. The van der Waals surface area contributed by atoms with E-state index in [0.29, 0.717) is 23.5 Å². The molecule has 2 heterocycles. The van der Waals surface area contributed by atoms with Crippen molar-refractivity contribution in [1.82, 2.24) is 9.80 Å². The van der Waals surface area contributed by atoms with Crippen LogP contribution in [-0.2, 0) is 0 Å². The van der Waals surface area contributed by atoms with Crippen LogP contribution in [0.5, 0.6) is 0 Å². The fourth-order valence-corrected chi connectivity index (χ4v) is 3.31. The largest absolute Gasteiger partial charge is 0.392 e. The Bertz CT molecular complexity index is 521. The van der Waals surface area contributed by atoms with E-state index in [2.05, 4.69) is 4.90 Å². The van der Waals surface area contributed by atoms with E-state index in [1.807, 2.05) is 17.9 Å². The monoisotopic (exact) mass is 293 g/mol. The highest BCUT2D eigenvalue weighted by Gasteiger charge is 2.29. The van der Waals surface area contributed by atoms with E-state index >= 15 is 0 Å². The number of hydrogen-bond donors (Lipinski definition) is 1. The predicted octanol–water partition coefficient (Wildman–Crippen LogP) is 1.15. The van der Waals surface area contributed by atoms with Crippen LogP contribution in [0.3, 0.4) is 0 Å². The highest BCUT2D eigenvalue weighted by molar-refractivity contribution is 7.12. The SMILES string of the molecule is C[C@@H](O)CN1CCN(C(=O)c2cc(C#N)cs2)[C@@H](C)C1. The van der Waals surface area contributed by atoms with Crippen molar-refractivity contribution in [2.75, 3.05) is 26.2 Å². The molecule has 6 heteroatoms. The first kappa shape index (κ1) is 15.0. The first-order chi connectivity index (χ1) is 9.51. The smallest absolute Gasteiger partial charge is 0.264 e. The lowest BCUT2D eigenvalue weighted by Crippen LogP contribution is -2.54. The van der Waals surface area contributed by atoms with Crippen LogP contribution in [0.25, 0.3) is 0 Å². The molecule has 1 aromatic heterocycles. The van der Waals surface area contributed by atoms with Crippen molar-refractivity contribution >= 4 is 17.2 Å². The lowest BCUT2D eigenvalue weighted by molar-refractivity contribution is 0.0387. The minimum Gasteiger partial charge on any atom is -0.392 e. The molecule has 0 aliphatic carbocycles. The van der Waals surface area contributed by atoms with Crippen molar-refractivity contribution in [2.24, 2.45) is 0 Å². The second-order valence-electron chi connectivity index (χ2n) is 5.27. The van der Waals surface area contributed by atoms with Crippen molar-refractivity contribution in [2.45, 2.75) is 26.0 Å². The molecule has 20 heavy (non-hydrogen) atoms. The molecule has 1 amide bonds. The number of aliphatic hydroxyl groups excluding tert-OH is 1. The van der Waals surface area contributed by atoms with Crippen molar-refractivity contribution in [3.05, 3.63) is 21.9 Å². The summed E-state index contributed by atoms with van der Waals surface area (Å²) in [5.41, 5.74) is 0.541. The van der Waals surface area contributed by atoms with Gasteiger partial charge in [-0.2, -0.15) is 5.26 Å². The van der Waals surface area contributed by atoms with E-state index in [1.54, 1.807) is 18.4 Å². The van der Waals surface area contributed by atoms with Gasteiger partial charge in [-0.3, -0.25) is 9.69 Å². The van der Waals surface area contributed by atoms with Crippen molar-refractivity contribution < 1.29 is 9.90 Å². The van der Waals surface area contributed by atoms with Crippen molar-refractivity contribution in [1.29, 1.82) is 5.26 Å². The highest BCUT2D eigenvalue weighted by atomic mass is 32.1. The normalized spacial score (nSPS) is 21.5. The van der Waals surface area contributed by atoms with Crippen LogP contribution in [0.2, 0.25) is 0 Å². The van der Waals surface area contributed by atoms with Gasteiger partial charge in [-0.1, -0.05) is 0 Å². The zero-order valence-corrected chi connectivity index (χ0v) is 12.6. The van der Waals surface area contributed by atoms with Crippen molar-refractivity contribution in [3.63, 3.8) is 0 Å². The lowest BCUT2D eigenvalue weighted by atomic mass is 10.1. The first-order valence-corrected chi connectivity index (χ1v) is 7.59. The van der Waals surface area contributed by atoms with Crippen LogP contribution in [0, 0.1) is 11.3 Å². The van der Waals surface area contributed by atoms with Gasteiger partial charge in [-0.15, -0.1) is 11.3 Å². The van der Waals surface area contributed by atoms with Crippen LogP contribution in [0.15, 0.2) is 11.4 Å². The van der Waals surface area contributed by atoms with Crippen LogP contribution in [0.1, 0.15) is 29.1 Å². The first-order valence-electron chi connectivity index (χ1n) is 6.71. The molecule has 0 unspecified atom stereocenters. The van der Waals surface area contributed by atoms with Crippen molar-refractivity contribution in [3.8, 4) is 6.07 Å². The maximum absolute atomic E-state index is 12.4. The van der Waals surface area contributed by atoms with Crippen LogP contribution in [0.4, 0.5) is 0 Å². The molecule has 1 aliphatic rings. The Labute approximate surface area is 123 Å². The Kier molecular flexibility index (Phi) is 4.76. The third-order valence-electron chi connectivity index (χ3n) is 3.43. The van der Waals surface area contributed by atoms with E-state index in [0.717, 1.165) is 13.1 Å². The van der Waals surface area contributed by atoms with E-state index in [9.17, 15) is 9.90 Å². The van der Waals surface area contributed by atoms with Crippen LogP contribution >= 0.6 is 11.3 Å². The number of nitriles is 1. The number of amides is 1. The summed E-state index contributed by atoms with van der Waals surface area (Å²) >= 11 is 1.32. The van der Waals surface area contributed by atoms with Gasteiger partial charge in [-0.05, 0) is 19.9 Å². The molecule has 1 N–H and O–H groups in total. The Hall–Kier alpha value is -1.42. The number of aliphatic hydroxyl groups is 1. The summed E-state index contributed by atoms with van der Waals surface area (Å²) in [4.78, 5) is 17.1. The molecule has 0 saturated carbocycles. The molecule has 1 saturated heterocycles. The van der Waals surface area contributed by atoms with E-state index in [4.69, 9.17) is 5.26 Å². The highest BCUT2D eigenvalue weighted by Crippen LogP contribution is 2.19. The number of carbonyl (C=O) groups excluding carboxylic acids is 1. The molecule has 2 rings (SSSR count). The minimum absolute atomic E-state index is 0.000645. The van der Waals surface area contributed by atoms with Gasteiger partial charge < -0.3 is 10.0 Å². The zero-order chi connectivity index (χ0) is 14.7. The minimum atomic E-state index is -0.347. The van der Waals surface area contributed by atoms with Gasteiger partial charge in [0.1, 0.15) is 6.07 Å². The standard InChI is InChI=1S/C14H19N3O2S/c1-10-7-16(8-11(2)18)3-4-17(10)14(19)13-5-12(6-15)9-20-13/h5,9-11,18H,3-4,7-8H2,1-2H3/t10-,11+/m0/s1. The summed E-state index contributed by atoms with van der Waals surface area (Å²) in [7, 11) is 0. The number of rotatable bonds is 3. The molecule has 1 aliphatic heterocycles. The lowest BCUT2D eigenvalue weighted by Gasteiger charge is -2.40. The number of piperazine rings is 1. The van der Waals surface area contributed by atoms with Gasteiger partial charge in [0, 0.05) is 37.6 Å². The van der Waals surface area contributed by atoms with Gasteiger partial charge in [-0.25, -0.2) is 0 Å². The number of nitrogens with zero attached hydrogens (tertiary/aromatic N) is 3. The summed E-state index contributed by atoms with van der Waals surface area (Å²) in [5.74, 6) is 0.000645. The molecule has 108 valence electrons. The molecular formula is C14H19N3O2S. The molecule has 0 bridgehead atoms. The molecule has 0 aromatic carbocycles. The maximum Gasteiger partial charge on any atom is 0.264 e. The number of thiophene rings is 1. The molecule has 0 spiro atoms. The Morgan fingerprint density at radius 1 is 1.65 bits per heavy atom. The van der Waals surface area contributed by atoms with E-state index in [1.165, 1.54) is 11.3 Å². The average molecular weight is 293 g/mol. The van der Waals surface area contributed by atoms with E-state index in [-0.39, 0.29) is 18.1 Å². The van der Waals surface area contributed by atoms with Gasteiger partial charge >= 0.3 is 0 Å². The molecule has 1 aromatic rings. The van der Waals surface area contributed by atoms with Crippen LogP contribution in [-0.4, -0.2) is 59.1 Å². The zero-order valence-electron chi connectivity index (χ0n) is 11.7. The molecular weight excluding hydrogens is 274 g/mol. The summed E-state index contributed by atoms with van der Waals surface area (Å²) in [6.45, 7) is 6.64. The fourth-order valence-electron chi connectivity index (χ4n) is 2.52. The van der Waals surface area contributed by atoms with Gasteiger partial charge in [0.25, 0.3) is 5.91 Å². The third-order valence-corrected chi connectivity index (χ3v) is 4.35. The number of carbonyl (C=O) groups is 1. The molecule has 5 nitrogen and oxygen atoms in total. The predicted molar refractivity (Wildman–Crippen MR) is 77.7 cm³/mol. The molecule has 2 atom stereocenters. The van der Waals surface area contributed by atoms with E-state index < -0.39 is 0 Å². The number of hydrogen-bond acceptors (Lipinski definition) is 5. The quantitative estimate of drug-likeness (QED) is 0.907. The second-order valence-corrected chi connectivity index (χ2v) is 6.18. The van der Waals surface area contributed by atoms with Gasteiger partial charge in [0.05, 0.1) is 16.5 Å². The number of β-amino-alcohol motifs (C(OH)–C–C–N with tert-alkyl or cyclic N) is 1. The summed E-state index contributed by atoms with van der Waals surface area (Å²) in [6, 6.07) is 3.82. The van der Waals surface area contributed by atoms with Gasteiger partial charge in [0.15, 0.2) is 0 Å². The maximum atomic E-state index is 12.4. The summed E-state index contributed by atoms with van der Waals surface area (Å²) in [5, 5.41) is 19.9. The molecule has 1 fully saturated rings. The summed E-state index contributed by atoms with van der Waals surface area (Å²) < 4.78 is 0. The van der Waals surface area contributed by atoms with Gasteiger partial charge in [0.2, 0.25) is 0 Å². The molecule has 0 radical (unpaired) electrons. The van der Waals surface area contributed by atoms with Crippen LogP contribution < -0.4 is 0 Å². The average Bonchev–Trinajstić information content (AvgIpc) is 2.86. The Morgan fingerprint density at radius 3 is 2.95 bits per heavy atom. The topological polar surface area (TPSA) is 67.6 Å². The third kappa shape index (κ3) is 3.37. The second kappa shape index (κ2) is 6.35. The fraction of sp³-hybridized carbons (Fsp3) is 0.571.